The Morgan fingerprint density at radius 1 is 1.75 bits per heavy atom. The highest BCUT2D eigenvalue weighted by molar-refractivity contribution is 4.93. The van der Waals surface area contributed by atoms with Gasteiger partial charge in [-0.25, -0.2) is 0 Å². The number of rotatable bonds is 0. The lowest BCUT2D eigenvalue weighted by atomic mass is 10.4. The molecule has 0 aromatic rings. The van der Waals surface area contributed by atoms with Gasteiger partial charge in [0.25, 0.3) is 0 Å². The average Bonchev–Trinajstić information content (AvgIpc) is 1.77. The Kier molecular flexibility index (Phi) is 1.42. The van der Waals surface area contributed by atoms with Gasteiger partial charge in [0.15, 0.2) is 0 Å². The number of ether oxygens (including phenoxy) is 1. The standard InChI is InChI=1S/C6H11NO/c1-6-5-8-4-3-7(6)2/h5H,3-4H2,1-2H3. The van der Waals surface area contributed by atoms with Gasteiger partial charge in [-0.2, -0.15) is 0 Å². The predicted molar refractivity (Wildman–Crippen MR) is 32.3 cm³/mol. The third-order valence-corrected chi connectivity index (χ3v) is 1.40. The van der Waals surface area contributed by atoms with E-state index >= 15 is 0 Å². The van der Waals surface area contributed by atoms with Crippen molar-refractivity contribution in [3.63, 3.8) is 0 Å². The van der Waals surface area contributed by atoms with E-state index in [1.807, 2.05) is 6.92 Å². The lowest BCUT2D eigenvalue weighted by Gasteiger charge is -2.23. The van der Waals surface area contributed by atoms with E-state index in [9.17, 15) is 0 Å². The molecule has 1 heterocycles. The number of hydrogen-bond acceptors (Lipinski definition) is 2. The summed E-state index contributed by atoms with van der Waals surface area (Å²) in [7, 11) is 2.06. The molecule has 0 aromatic heterocycles. The first-order chi connectivity index (χ1) is 3.80. The van der Waals surface area contributed by atoms with Crippen LogP contribution in [-0.2, 0) is 4.74 Å². The molecule has 0 spiro atoms. The highest BCUT2D eigenvalue weighted by Crippen LogP contribution is 2.03. The van der Waals surface area contributed by atoms with Crippen molar-refractivity contribution in [1.29, 1.82) is 0 Å². The Labute approximate surface area is 49.7 Å². The van der Waals surface area contributed by atoms with E-state index in [2.05, 4.69) is 11.9 Å². The molecular weight excluding hydrogens is 102 g/mol. The fourth-order valence-corrected chi connectivity index (χ4v) is 0.635. The lowest BCUT2D eigenvalue weighted by Crippen LogP contribution is -2.24. The topological polar surface area (TPSA) is 12.5 Å². The van der Waals surface area contributed by atoms with E-state index < -0.39 is 0 Å². The summed E-state index contributed by atoms with van der Waals surface area (Å²) in [6.07, 6.45) is 1.80. The van der Waals surface area contributed by atoms with Gasteiger partial charge in [0.05, 0.1) is 6.54 Å². The van der Waals surface area contributed by atoms with Crippen molar-refractivity contribution in [2.45, 2.75) is 6.92 Å². The Hall–Kier alpha value is -0.660. The third-order valence-electron chi connectivity index (χ3n) is 1.40. The van der Waals surface area contributed by atoms with Crippen molar-refractivity contribution >= 4 is 0 Å². The van der Waals surface area contributed by atoms with E-state index in [4.69, 9.17) is 4.74 Å². The molecule has 0 amide bonds. The summed E-state index contributed by atoms with van der Waals surface area (Å²) in [6.45, 7) is 3.88. The van der Waals surface area contributed by atoms with Gasteiger partial charge < -0.3 is 9.64 Å². The van der Waals surface area contributed by atoms with Gasteiger partial charge in [-0.15, -0.1) is 0 Å². The molecule has 0 atom stereocenters. The fourth-order valence-electron chi connectivity index (χ4n) is 0.635. The van der Waals surface area contributed by atoms with Gasteiger partial charge in [-0.3, -0.25) is 0 Å². The quantitative estimate of drug-likeness (QED) is 0.461. The molecule has 2 heteroatoms. The van der Waals surface area contributed by atoms with Crippen LogP contribution < -0.4 is 0 Å². The molecule has 0 aliphatic carbocycles. The smallest absolute Gasteiger partial charge is 0.105 e. The van der Waals surface area contributed by atoms with Crippen molar-refractivity contribution in [3.8, 4) is 0 Å². The van der Waals surface area contributed by atoms with Crippen molar-refractivity contribution in [1.82, 2.24) is 4.90 Å². The average molecular weight is 113 g/mol. The highest BCUT2D eigenvalue weighted by atomic mass is 16.5. The fraction of sp³-hybridized carbons (Fsp3) is 0.667. The Balaban J connectivity index is 2.53. The zero-order valence-corrected chi connectivity index (χ0v) is 5.35. The molecule has 0 bridgehead atoms. The van der Waals surface area contributed by atoms with Crippen LogP contribution in [-0.4, -0.2) is 25.1 Å². The van der Waals surface area contributed by atoms with Crippen LogP contribution in [0, 0.1) is 0 Å². The second-order valence-electron chi connectivity index (χ2n) is 2.05. The van der Waals surface area contributed by atoms with Crippen LogP contribution >= 0.6 is 0 Å². The highest BCUT2D eigenvalue weighted by Gasteiger charge is 2.02. The molecule has 1 rings (SSSR count). The summed E-state index contributed by atoms with van der Waals surface area (Å²) in [4.78, 5) is 2.17. The molecule has 1 aliphatic rings. The van der Waals surface area contributed by atoms with Crippen molar-refractivity contribution in [3.05, 3.63) is 12.0 Å². The summed E-state index contributed by atoms with van der Waals surface area (Å²) in [5, 5.41) is 0. The Morgan fingerprint density at radius 2 is 2.50 bits per heavy atom. The molecule has 8 heavy (non-hydrogen) atoms. The summed E-state index contributed by atoms with van der Waals surface area (Å²) in [6, 6.07) is 0. The van der Waals surface area contributed by atoms with Crippen LogP contribution in [0.4, 0.5) is 0 Å². The first-order valence-electron chi connectivity index (χ1n) is 2.80. The summed E-state index contributed by atoms with van der Waals surface area (Å²) >= 11 is 0. The van der Waals surface area contributed by atoms with Crippen molar-refractivity contribution < 1.29 is 4.74 Å². The SMILES string of the molecule is CC1=COCCN1C. The molecule has 0 N–H and O–H groups in total. The van der Waals surface area contributed by atoms with Crippen molar-refractivity contribution in [2.75, 3.05) is 20.2 Å². The summed E-state index contributed by atoms with van der Waals surface area (Å²) in [5.74, 6) is 0. The molecular formula is C6H11NO. The van der Waals surface area contributed by atoms with Gasteiger partial charge in [0.2, 0.25) is 0 Å². The second-order valence-corrected chi connectivity index (χ2v) is 2.05. The van der Waals surface area contributed by atoms with E-state index in [1.165, 1.54) is 5.70 Å². The van der Waals surface area contributed by atoms with Crippen LogP contribution in [0.15, 0.2) is 12.0 Å². The maximum absolute atomic E-state index is 5.05. The van der Waals surface area contributed by atoms with Gasteiger partial charge in [0, 0.05) is 12.7 Å². The van der Waals surface area contributed by atoms with Gasteiger partial charge in [-0.1, -0.05) is 0 Å². The monoisotopic (exact) mass is 113 g/mol. The molecule has 46 valence electrons. The first-order valence-corrected chi connectivity index (χ1v) is 2.80. The zero-order chi connectivity index (χ0) is 5.98. The molecule has 1 aliphatic heterocycles. The minimum atomic E-state index is 0.827. The van der Waals surface area contributed by atoms with E-state index in [-0.39, 0.29) is 0 Å². The largest absolute Gasteiger partial charge is 0.498 e. The molecule has 0 unspecified atom stereocenters. The number of hydrogen-bond donors (Lipinski definition) is 0. The normalized spacial score (nSPS) is 19.8. The van der Waals surface area contributed by atoms with Gasteiger partial charge in [0.1, 0.15) is 12.9 Å². The van der Waals surface area contributed by atoms with Gasteiger partial charge >= 0.3 is 0 Å². The zero-order valence-electron chi connectivity index (χ0n) is 5.35. The molecule has 0 saturated carbocycles. The summed E-state index contributed by atoms with van der Waals surface area (Å²) in [5.41, 5.74) is 1.20. The van der Waals surface area contributed by atoms with E-state index in [0.29, 0.717) is 0 Å². The van der Waals surface area contributed by atoms with E-state index in [0.717, 1.165) is 13.2 Å². The second kappa shape index (κ2) is 2.07. The van der Waals surface area contributed by atoms with Gasteiger partial charge in [-0.05, 0) is 6.92 Å². The Morgan fingerprint density at radius 3 is 2.88 bits per heavy atom. The number of likely N-dealkylation sites (N-methyl/N-ethyl adjacent to an activating group) is 1. The van der Waals surface area contributed by atoms with Crippen LogP contribution in [0.2, 0.25) is 0 Å². The molecule has 0 saturated heterocycles. The molecule has 2 nitrogen and oxygen atoms in total. The molecule has 0 aromatic carbocycles. The van der Waals surface area contributed by atoms with Crippen LogP contribution in [0.1, 0.15) is 6.92 Å². The molecule has 0 fully saturated rings. The van der Waals surface area contributed by atoms with Crippen LogP contribution in [0.5, 0.6) is 0 Å². The maximum atomic E-state index is 5.05. The Bertz CT molecular complexity index is 109. The number of allylic oxidation sites excluding steroid dienone is 1. The summed E-state index contributed by atoms with van der Waals surface area (Å²) < 4.78 is 5.05. The van der Waals surface area contributed by atoms with Crippen LogP contribution in [0.3, 0.4) is 0 Å². The molecule has 0 radical (unpaired) electrons. The minimum Gasteiger partial charge on any atom is -0.498 e. The van der Waals surface area contributed by atoms with Crippen LogP contribution in [0.25, 0.3) is 0 Å². The van der Waals surface area contributed by atoms with Crippen molar-refractivity contribution in [2.24, 2.45) is 0 Å². The number of nitrogens with zero attached hydrogens (tertiary/aromatic N) is 1. The first kappa shape index (κ1) is 5.48. The maximum Gasteiger partial charge on any atom is 0.105 e. The third kappa shape index (κ3) is 0.941. The lowest BCUT2D eigenvalue weighted by molar-refractivity contribution is 0.174. The predicted octanol–water partition coefficient (Wildman–Crippen LogP) is 0.810. The van der Waals surface area contributed by atoms with E-state index in [1.54, 1.807) is 6.26 Å². The minimum absolute atomic E-state index is 0.827.